The number of anilines is 1. The van der Waals surface area contributed by atoms with Crippen LogP contribution in [0.4, 0.5) is 5.69 Å². The van der Waals surface area contributed by atoms with E-state index in [1.807, 2.05) is 0 Å². The van der Waals surface area contributed by atoms with Gasteiger partial charge < -0.3 is 14.5 Å². The molecule has 1 saturated heterocycles. The van der Waals surface area contributed by atoms with Gasteiger partial charge >= 0.3 is 0 Å². The average Bonchev–Trinajstić information content (AvgIpc) is 2.67. The highest BCUT2D eigenvalue weighted by Crippen LogP contribution is 2.31. The Bertz CT molecular complexity index is 801. The summed E-state index contributed by atoms with van der Waals surface area (Å²) in [5.41, 5.74) is 2.60. The second kappa shape index (κ2) is 7.32. The van der Waals surface area contributed by atoms with Gasteiger partial charge in [-0.2, -0.15) is 0 Å². The van der Waals surface area contributed by atoms with E-state index in [0.717, 1.165) is 44.8 Å². The molecule has 2 aromatic rings. The molecule has 1 fully saturated rings. The Hall–Kier alpha value is -2.26. The van der Waals surface area contributed by atoms with Gasteiger partial charge in [0, 0.05) is 37.3 Å². The van der Waals surface area contributed by atoms with Gasteiger partial charge in [-0.25, -0.2) is 0 Å². The molecule has 4 rings (SSSR count). The van der Waals surface area contributed by atoms with Gasteiger partial charge in [0.1, 0.15) is 12.4 Å². The molecule has 0 saturated carbocycles. The molecule has 0 spiro atoms. The molecule has 0 unspecified atom stereocenters. The smallest absolute Gasteiger partial charge is 0.120 e. The molecular weight excluding hydrogens is 308 g/mol. The summed E-state index contributed by atoms with van der Waals surface area (Å²) in [6.07, 6.45) is 8.95. The molecule has 0 aromatic heterocycles. The van der Waals surface area contributed by atoms with E-state index in [-0.39, 0.29) is 0 Å². The van der Waals surface area contributed by atoms with Gasteiger partial charge in [0.05, 0.1) is 0 Å². The van der Waals surface area contributed by atoms with Crippen LogP contribution in [0, 0.1) is 0 Å². The molecule has 2 aliphatic rings. The number of piperazine rings is 1. The summed E-state index contributed by atoms with van der Waals surface area (Å²) in [6, 6.07) is 13.1. The van der Waals surface area contributed by atoms with Crippen LogP contribution in [0.25, 0.3) is 10.8 Å². The lowest BCUT2D eigenvalue weighted by molar-refractivity contribution is 0.313. The fraction of sp³-hybridized carbons (Fsp3) is 0.364. The molecule has 3 nitrogen and oxygen atoms in total. The maximum Gasteiger partial charge on any atom is 0.120 e. The van der Waals surface area contributed by atoms with Gasteiger partial charge in [-0.1, -0.05) is 36.4 Å². The van der Waals surface area contributed by atoms with E-state index in [1.165, 1.54) is 22.0 Å². The summed E-state index contributed by atoms with van der Waals surface area (Å²) in [6.45, 7) is 5.05. The predicted octanol–water partition coefficient (Wildman–Crippen LogP) is 4.25. The van der Waals surface area contributed by atoms with Crippen molar-refractivity contribution in [3.8, 4) is 5.75 Å². The van der Waals surface area contributed by atoms with Crippen molar-refractivity contribution in [1.82, 2.24) is 4.90 Å². The molecule has 3 heteroatoms. The Morgan fingerprint density at radius 1 is 1.00 bits per heavy atom. The first-order chi connectivity index (χ1) is 12.3. The minimum absolute atomic E-state index is 0.651. The molecule has 130 valence electrons. The van der Waals surface area contributed by atoms with Gasteiger partial charge in [0.15, 0.2) is 0 Å². The van der Waals surface area contributed by atoms with Crippen molar-refractivity contribution in [3.63, 3.8) is 0 Å². The fourth-order valence-electron chi connectivity index (χ4n) is 3.59. The van der Waals surface area contributed by atoms with E-state index < -0.39 is 0 Å². The third-order valence-electron chi connectivity index (χ3n) is 5.15. The molecule has 0 atom stereocenters. The van der Waals surface area contributed by atoms with Crippen LogP contribution in [-0.2, 0) is 0 Å². The molecule has 0 bridgehead atoms. The van der Waals surface area contributed by atoms with Crippen LogP contribution in [0.2, 0.25) is 0 Å². The van der Waals surface area contributed by atoms with Crippen LogP contribution in [-0.4, -0.2) is 44.7 Å². The van der Waals surface area contributed by atoms with Crippen LogP contribution in [0.5, 0.6) is 5.75 Å². The second-order valence-electron chi connectivity index (χ2n) is 7.00. The zero-order valence-electron chi connectivity index (χ0n) is 14.9. The zero-order chi connectivity index (χ0) is 17.1. The lowest BCUT2D eigenvalue weighted by Gasteiger charge is -2.34. The highest BCUT2D eigenvalue weighted by atomic mass is 16.5. The van der Waals surface area contributed by atoms with Gasteiger partial charge in [-0.3, -0.25) is 0 Å². The number of hydrogen-bond acceptors (Lipinski definition) is 3. The summed E-state index contributed by atoms with van der Waals surface area (Å²) in [5, 5.41) is 2.57. The first-order valence-corrected chi connectivity index (χ1v) is 9.24. The highest BCUT2D eigenvalue weighted by Gasteiger charge is 2.16. The molecule has 0 N–H and O–H groups in total. The molecule has 0 amide bonds. The Morgan fingerprint density at radius 3 is 2.68 bits per heavy atom. The van der Waals surface area contributed by atoms with Gasteiger partial charge in [0.25, 0.3) is 0 Å². The molecule has 1 aliphatic heterocycles. The first kappa shape index (κ1) is 16.2. The summed E-state index contributed by atoms with van der Waals surface area (Å²) in [7, 11) is 2.20. The number of benzene rings is 2. The summed E-state index contributed by atoms with van der Waals surface area (Å²) >= 11 is 0. The van der Waals surface area contributed by atoms with E-state index in [1.54, 1.807) is 0 Å². The lowest BCUT2D eigenvalue weighted by Crippen LogP contribution is -2.44. The number of fused-ring (bicyclic) bond motifs is 1. The summed E-state index contributed by atoms with van der Waals surface area (Å²) < 4.78 is 6.07. The minimum Gasteiger partial charge on any atom is -0.489 e. The Balaban J connectivity index is 1.57. The largest absolute Gasteiger partial charge is 0.489 e. The van der Waals surface area contributed by atoms with Crippen LogP contribution in [0.15, 0.2) is 60.2 Å². The van der Waals surface area contributed by atoms with Crippen molar-refractivity contribution in [2.75, 3.05) is 44.7 Å². The zero-order valence-corrected chi connectivity index (χ0v) is 14.9. The van der Waals surface area contributed by atoms with E-state index in [0.29, 0.717) is 6.61 Å². The van der Waals surface area contributed by atoms with Crippen molar-refractivity contribution in [2.45, 2.75) is 12.8 Å². The van der Waals surface area contributed by atoms with E-state index >= 15 is 0 Å². The quantitative estimate of drug-likeness (QED) is 0.831. The third kappa shape index (κ3) is 3.72. The number of allylic oxidation sites excluding steroid dienone is 2. The molecule has 1 aliphatic carbocycles. The normalized spacial score (nSPS) is 18.4. The van der Waals surface area contributed by atoms with Crippen LogP contribution in [0.3, 0.4) is 0 Å². The molecular formula is C22H26N2O. The molecule has 1 heterocycles. The number of likely N-dealkylation sites (N-methyl/N-ethyl adjacent to an activating group) is 1. The first-order valence-electron chi connectivity index (χ1n) is 9.24. The van der Waals surface area contributed by atoms with Crippen molar-refractivity contribution >= 4 is 16.5 Å². The van der Waals surface area contributed by atoms with Crippen molar-refractivity contribution in [2.24, 2.45) is 0 Å². The second-order valence-corrected chi connectivity index (χ2v) is 7.00. The highest BCUT2D eigenvalue weighted by molar-refractivity contribution is 5.95. The van der Waals surface area contributed by atoms with E-state index in [4.69, 9.17) is 4.74 Å². The van der Waals surface area contributed by atoms with Crippen LogP contribution < -0.4 is 9.64 Å². The van der Waals surface area contributed by atoms with E-state index in [9.17, 15) is 0 Å². The van der Waals surface area contributed by atoms with Crippen LogP contribution >= 0.6 is 0 Å². The predicted molar refractivity (Wildman–Crippen MR) is 106 cm³/mol. The van der Waals surface area contributed by atoms with Gasteiger partial charge in [-0.05, 0) is 49.0 Å². The maximum absolute atomic E-state index is 6.07. The standard InChI is InChI=1S/C22H26N2O/c1-23-12-14-24(15-13-23)22-9-5-8-19-10-11-20(16-21(19)22)25-17-18-6-3-2-4-7-18/h3,5-11,16H,2,4,12-15,17H2,1H3. The Kier molecular flexibility index (Phi) is 4.75. The van der Waals surface area contributed by atoms with Gasteiger partial charge in [0.2, 0.25) is 0 Å². The number of hydrogen-bond donors (Lipinski definition) is 0. The van der Waals surface area contributed by atoms with Gasteiger partial charge in [-0.15, -0.1) is 0 Å². The summed E-state index contributed by atoms with van der Waals surface area (Å²) in [5.74, 6) is 0.953. The molecule has 0 radical (unpaired) electrons. The Labute approximate surface area is 150 Å². The topological polar surface area (TPSA) is 15.7 Å². The van der Waals surface area contributed by atoms with Crippen molar-refractivity contribution in [1.29, 1.82) is 0 Å². The number of nitrogens with zero attached hydrogens (tertiary/aromatic N) is 2. The summed E-state index contributed by atoms with van der Waals surface area (Å²) in [4.78, 5) is 4.89. The average molecular weight is 334 g/mol. The maximum atomic E-state index is 6.07. The monoisotopic (exact) mass is 334 g/mol. The molecule has 25 heavy (non-hydrogen) atoms. The Morgan fingerprint density at radius 2 is 1.88 bits per heavy atom. The van der Waals surface area contributed by atoms with Crippen molar-refractivity contribution < 1.29 is 4.74 Å². The minimum atomic E-state index is 0.651. The molecule has 2 aromatic carbocycles. The SMILES string of the molecule is CN1CCN(c2cccc3ccc(OCC4=CCCC=C4)cc23)CC1. The van der Waals surface area contributed by atoms with Crippen LogP contribution in [0.1, 0.15) is 12.8 Å². The van der Waals surface area contributed by atoms with E-state index in [2.05, 4.69) is 71.5 Å². The fourth-order valence-corrected chi connectivity index (χ4v) is 3.59. The third-order valence-corrected chi connectivity index (χ3v) is 5.15. The van der Waals surface area contributed by atoms with Crippen molar-refractivity contribution in [3.05, 3.63) is 60.2 Å². The lowest BCUT2D eigenvalue weighted by atomic mass is 10.1. The number of ether oxygens (including phenoxy) is 1. The number of rotatable bonds is 4.